The van der Waals surface area contributed by atoms with Crippen molar-refractivity contribution in [2.45, 2.75) is 33.2 Å². The first-order valence-electron chi connectivity index (χ1n) is 6.63. The number of benzene rings is 1. The second-order valence-corrected chi connectivity index (χ2v) is 6.30. The van der Waals surface area contributed by atoms with Crippen LogP contribution < -0.4 is 10.6 Å². The van der Waals surface area contributed by atoms with Crippen molar-refractivity contribution in [3.8, 4) is 0 Å². The molecule has 1 atom stereocenters. The van der Waals surface area contributed by atoms with E-state index in [1.54, 1.807) is 0 Å². The van der Waals surface area contributed by atoms with Crippen LogP contribution in [0.5, 0.6) is 0 Å². The van der Waals surface area contributed by atoms with Gasteiger partial charge >= 0.3 is 0 Å². The molecule has 5 nitrogen and oxygen atoms in total. The van der Waals surface area contributed by atoms with Crippen molar-refractivity contribution < 1.29 is 4.79 Å². The van der Waals surface area contributed by atoms with E-state index in [2.05, 4.69) is 20.8 Å². The summed E-state index contributed by atoms with van der Waals surface area (Å²) >= 11 is 7.35. The summed E-state index contributed by atoms with van der Waals surface area (Å²) in [6.07, 6.45) is 0.648. The Labute approximate surface area is 132 Å². The zero-order chi connectivity index (χ0) is 15.4. The molecule has 2 rings (SSSR count). The molecular formula is C14H17ClN4OS. The quantitative estimate of drug-likeness (QED) is 0.881. The number of rotatable bonds is 5. The fourth-order valence-electron chi connectivity index (χ4n) is 1.83. The fraction of sp³-hybridized carbons (Fsp3) is 0.357. The Morgan fingerprint density at radius 1 is 1.38 bits per heavy atom. The number of halogens is 1. The number of nitrogens with one attached hydrogen (secondary N) is 2. The molecule has 0 spiro atoms. The summed E-state index contributed by atoms with van der Waals surface area (Å²) in [5, 5.41) is 15.8. The highest BCUT2D eigenvalue weighted by atomic mass is 35.5. The minimum atomic E-state index is -0.355. The lowest BCUT2D eigenvalue weighted by Crippen LogP contribution is -2.34. The number of amides is 1. The van der Waals surface area contributed by atoms with Gasteiger partial charge in [-0.05, 0) is 38.0 Å². The van der Waals surface area contributed by atoms with Gasteiger partial charge in [0.2, 0.25) is 11.0 Å². The summed E-state index contributed by atoms with van der Waals surface area (Å²) in [6, 6.07) is 5.21. The Morgan fingerprint density at radius 3 is 2.76 bits per heavy atom. The van der Waals surface area contributed by atoms with Crippen LogP contribution in [-0.4, -0.2) is 22.1 Å². The van der Waals surface area contributed by atoms with E-state index in [1.807, 2.05) is 39.0 Å². The average Bonchev–Trinajstić information content (AvgIpc) is 2.84. The van der Waals surface area contributed by atoms with Crippen molar-refractivity contribution in [1.29, 1.82) is 0 Å². The Hall–Kier alpha value is -1.66. The summed E-state index contributed by atoms with van der Waals surface area (Å²) in [7, 11) is 0. The number of carbonyl (C=O) groups is 1. The molecule has 112 valence electrons. The fourth-order valence-corrected chi connectivity index (χ4v) is 2.60. The highest BCUT2D eigenvalue weighted by Crippen LogP contribution is 2.22. The predicted molar refractivity (Wildman–Crippen MR) is 87.2 cm³/mol. The number of carbonyl (C=O) groups excluding carboxylic acids is 1. The van der Waals surface area contributed by atoms with Gasteiger partial charge in [0.25, 0.3) is 0 Å². The first-order valence-corrected chi connectivity index (χ1v) is 7.82. The van der Waals surface area contributed by atoms with Gasteiger partial charge < -0.3 is 5.32 Å². The summed E-state index contributed by atoms with van der Waals surface area (Å²) in [6.45, 7) is 5.76. The maximum atomic E-state index is 12.3. The largest absolute Gasteiger partial charge is 0.373 e. The van der Waals surface area contributed by atoms with Gasteiger partial charge in [0.1, 0.15) is 11.0 Å². The van der Waals surface area contributed by atoms with Crippen LogP contribution in [0.2, 0.25) is 5.02 Å². The van der Waals surface area contributed by atoms with Gasteiger partial charge in [0.15, 0.2) is 0 Å². The first kappa shape index (κ1) is 15.7. The number of aryl methyl sites for hydroxylation is 2. The molecule has 1 heterocycles. The zero-order valence-corrected chi connectivity index (χ0v) is 13.7. The molecule has 2 N–H and O–H groups in total. The van der Waals surface area contributed by atoms with E-state index in [4.69, 9.17) is 11.6 Å². The lowest BCUT2D eigenvalue weighted by Gasteiger charge is -2.18. The molecule has 0 saturated heterocycles. The summed E-state index contributed by atoms with van der Waals surface area (Å²) < 4.78 is 0. The second-order valence-electron chi connectivity index (χ2n) is 4.68. The van der Waals surface area contributed by atoms with Gasteiger partial charge in [-0.25, -0.2) is 0 Å². The number of aromatic nitrogens is 2. The predicted octanol–water partition coefficient (Wildman–Crippen LogP) is 3.64. The Morgan fingerprint density at radius 2 is 2.14 bits per heavy atom. The molecule has 0 unspecified atom stereocenters. The van der Waals surface area contributed by atoms with Crippen molar-refractivity contribution >= 4 is 39.7 Å². The van der Waals surface area contributed by atoms with Crippen LogP contribution in [0.1, 0.15) is 23.9 Å². The standard InChI is InChI=1S/C14H17ClN4OS/c1-4-11(13(20)17-14-19-18-9(3)21-14)16-12-7-10(15)6-5-8(12)2/h5-7,11,16H,4H2,1-3H3,(H,17,19,20)/t11-/m1/s1. The number of hydrogen-bond acceptors (Lipinski definition) is 5. The van der Waals surface area contributed by atoms with Gasteiger partial charge in [-0.15, -0.1) is 10.2 Å². The molecule has 1 aromatic heterocycles. The van der Waals surface area contributed by atoms with E-state index in [1.165, 1.54) is 11.3 Å². The van der Waals surface area contributed by atoms with Crippen LogP contribution >= 0.6 is 22.9 Å². The minimum Gasteiger partial charge on any atom is -0.373 e. The van der Waals surface area contributed by atoms with E-state index < -0.39 is 0 Å². The lowest BCUT2D eigenvalue weighted by molar-refractivity contribution is -0.117. The first-order chi connectivity index (χ1) is 9.99. The van der Waals surface area contributed by atoms with Crippen molar-refractivity contribution in [1.82, 2.24) is 10.2 Å². The van der Waals surface area contributed by atoms with Crippen LogP contribution in [-0.2, 0) is 4.79 Å². The third-order valence-electron chi connectivity index (χ3n) is 3.01. The van der Waals surface area contributed by atoms with E-state index in [0.29, 0.717) is 16.6 Å². The maximum Gasteiger partial charge on any atom is 0.248 e. The van der Waals surface area contributed by atoms with Crippen LogP contribution in [0.4, 0.5) is 10.8 Å². The van der Waals surface area contributed by atoms with Gasteiger partial charge in [-0.2, -0.15) is 0 Å². The molecule has 0 bridgehead atoms. The monoisotopic (exact) mass is 324 g/mol. The van der Waals surface area contributed by atoms with Crippen molar-refractivity contribution in [2.24, 2.45) is 0 Å². The molecule has 2 aromatic rings. The zero-order valence-electron chi connectivity index (χ0n) is 12.1. The van der Waals surface area contributed by atoms with Gasteiger partial charge in [-0.3, -0.25) is 10.1 Å². The van der Waals surface area contributed by atoms with Crippen molar-refractivity contribution in [3.63, 3.8) is 0 Å². The Kier molecular flexibility index (Phi) is 5.14. The number of anilines is 2. The molecule has 7 heteroatoms. The molecule has 0 fully saturated rings. The Bertz CT molecular complexity index is 644. The summed E-state index contributed by atoms with van der Waals surface area (Å²) in [5.41, 5.74) is 1.90. The normalized spacial score (nSPS) is 12.0. The molecule has 0 aliphatic rings. The van der Waals surface area contributed by atoms with Gasteiger partial charge in [0.05, 0.1) is 0 Å². The smallest absolute Gasteiger partial charge is 0.248 e. The number of hydrogen-bond donors (Lipinski definition) is 2. The highest BCUT2D eigenvalue weighted by molar-refractivity contribution is 7.15. The number of nitrogens with zero attached hydrogens (tertiary/aromatic N) is 2. The highest BCUT2D eigenvalue weighted by Gasteiger charge is 2.18. The SMILES string of the molecule is CC[C@@H](Nc1cc(Cl)ccc1C)C(=O)Nc1nnc(C)s1. The van der Waals surface area contributed by atoms with E-state index in [9.17, 15) is 4.79 Å². The summed E-state index contributed by atoms with van der Waals surface area (Å²) in [4.78, 5) is 12.3. The van der Waals surface area contributed by atoms with E-state index in [0.717, 1.165) is 16.3 Å². The summed E-state index contributed by atoms with van der Waals surface area (Å²) in [5.74, 6) is -0.131. The molecule has 0 radical (unpaired) electrons. The second kappa shape index (κ2) is 6.87. The van der Waals surface area contributed by atoms with Crippen molar-refractivity contribution in [3.05, 3.63) is 33.8 Å². The maximum absolute atomic E-state index is 12.3. The lowest BCUT2D eigenvalue weighted by atomic mass is 10.1. The van der Waals surface area contributed by atoms with Gasteiger partial charge in [0, 0.05) is 10.7 Å². The van der Waals surface area contributed by atoms with E-state index in [-0.39, 0.29) is 11.9 Å². The average molecular weight is 325 g/mol. The van der Waals surface area contributed by atoms with Crippen LogP contribution in [0, 0.1) is 13.8 Å². The molecule has 1 aromatic carbocycles. The molecule has 0 saturated carbocycles. The van der Waals surface area contributed by atoms with Gasteiger partial charge in [-0.1, -0.05) is 35.9 Å². The molecule has 0 aliphatic carbocycles. The van der Waals surface area contributed by atoms with E-state index >= 15 is 0 Å². The minimum absolute atomic E-state index is 0.131. The molecular weight excluding hydrogens is 308 g/mol. The van der Waals surface area contributed by atoms with Crippen molar-refractivity contribution in [2.75, 3.05) is 10.6 Å². The van der Waals surface area contributed by atoms with Crippen LogP contribution in [0.3, 0.4) is 0 Å². The molecule has 21 heavy (non-hydrogen) atoms. The molecule has 0 aliphatic heterocycles. The molecule has 1 amide bonds. The van der Waals surface area contributed by atoms with Crippen LogP contribution in [0.25, 0.3) is 0 Å². The third-order valence-corrected chi connectivity index (χ3v) is 4.00. The van der Waals surface area contributed by atoms with Crippen LogP contribution in [0.15, 0.2) is 18.2 Å². The Balaban J connectivity index is 2.08. The topological polar surface area (TPSA) is 66.9 Å². The third kappa shape index (κ3) is 4.15.